The SMILES string of the molecule is Cc1occc1C(=O)Nc1nc(CC(=O)OCc2ncc(-c3ccccc3)o2)cs1. The third-order valence-electron chi connectivity index (χ3n) is 4.17. The van der Waals surface area contributed by atoms with E-state index in [-0.39, 0.29) is 18.9 Å². The van der Waals surface area contributed by atoms with Gasteiger partial charge in [-0.05, 0) is 13.0 Å². The van der Waals surface area contributed by atoms with Crippen LogP contribution in [0.3, 0.4) is 0 Å². The molecule has 9 heteroatoms. The molecular formula is C21H17N3O5S. The maximum atomic E-state index is 12.2. The number of carbonyl (C=O) groups is 2. The van der Waals surface area contributed by atoms with Crippen LogP contribution in [-0.2, 0) is 22.6 Å². The van der Waals surface area contributed by atoms with E-state index in [1.54, 1.807) is 24.6 Å². The monoisotopic (exact) mass is 423 g/mol. The average molecular weight is 423 g/mol. The summed E-state index contributed by atoms with van der Waals surface area (Å²) in [5.41, 5.74) is 1.83. The van der Waals surface area contributed by atoms with Crippen LogP contribution >= 0.6 is 11.3 Å². The number of aromatic nitrogens is 2. The van der Waals surface area contributed by atoms with Crippen molar-refractivity contribution in [2.45, 2.75) is 20.0 Å². The molecule has 0 spiro atoms. The highest BCUT2D eigenvalue weighted by Crippen LogP contribution is 2.21. The normalized spacial score (nSPS) is 10.7. The zero-order valence-electron chi connectivity index (χ0n) is 16.0. The summed E-state index contributed by atoms with van der Waals surface area (Å²) < 4.78 is 15.9. The first-order valence-corrected chi connectivity index (χ1v) is 9.92. The predicted molar refractivity (Wildman–Crippen MR) is 109 cm³/mol. The number of carbonyl (C=O) groups excluding carboxylic acids is 2. The Morgan fingerprint density at radius 3 is 2.80 bits per heavy atom. The summed E-state index contributed by atoms with van der Waals surface area (Å²) in [6.07, 6.45) is 3.02. The van der Waals surface area contributed by atoms with Crippen LogP contribution in [0.15, 0.2) is 63.1 Å². The number of nitrogens with one attached hydrogen (secondary N) is 1. The second-order valence-corrected chi connectivity index (χ2v) is 7.17. The molecule has 0 fully saturated rings. The molecule has 0 radical (unpaired) electrons. The number of ether oxygens (including phenoxy) is 1. The number of benzene rings is 1. The van der Waals surface area contributed by atoms with E-state index in [1.165, 1.54) is 17.6 Å². The zero-order chi connectivity index (χ0) is 20.9. The fourth-order valence-electron chi connectivity index (χ4n) is 2.68. The number of aryl methyl sites for hydroxylation is 1. The second-order valence-electron chi connectivity index (χ2n) is 6.31. The summed E-state index contributed by atoms with van der Waals surface area (Å²) in [7, 11) is 0. The molecule has 4 rings (SSSR count). The quantitative estimate of drug-likeness (QED) is 0.443. The Hall–Kier alpha value is -3.72. The topological polar surface area (TPSA) is 107 Å². The highest BCUT2D eigenvalue weighted by Gasteiger charge is 2.15. The average Bonchev–Trinajstić information content (AvgIpc) is 3.48. The molecule has 3 heterocycles. The van der Waals surface area contributed by atoms with Gasteiger partial charge < -0.3 is 13.6 Å². The van der Waals surface area contributed by atoms with Crippen LogP contribution in [-0.4, -0.2) is 21.8 Å². The van der Waals surface area contributed by atoms with Crippen molar-refractivity contribution in [3.8, 4) is 11.3 Å². The predicted octanol–water partition coefficient (Wildman–Crippen LogP) is 4.24. The van der Waals surface area contributed by atoms with E-state index in [9.17, 15) is 9.59 Å². The Bertz CT molecular complexity index is 1160. The Kier molecular flexibility index (Phi) is 5.71. The lowest BCUT2D eigenvalue weighted by atomic mass is 10.2. The molecule has 152 valence electrons. The summed E-state index contributed by atoms with van der Waals surface area (Å²) in [5.74, 6) is 0.652. The van der Waals surface area contributed by atoms with Crippen LogP contribution in [0, 0.1) is 6.92 Å². The molecule has 0 saturated heterocycles. The minimum atomic E-state index is -0.469. The number of amides is 1. The molecule has 1 amide bonds. The minimum Gasteiger partial charge on any atom is -0.469 e. The molecule has 1 N–H and O–H groups in total. The van der Waals surface area contributed by atoms with Crippen molar-refractivity contribution in [2.75, 3.05) is 5.32 Å². The Morgan fingerprint density at radius 1 is 1.20 bits per heavy atom. The summed E-state index contributed by atoms with van der Waals surface area (Å²) in [6.45, 7) is 1.63. The number of hydrogen-bond donors (Lipinski definition) is 1. The van der Waals surface area contributed by atoms with Gasteiger partial charge in [0.1, 0.15) is 5.76 Å². The van der Waals surface area contributed by atoms with E-state index < -0.39 is 5.97 Å². The summed E-state index contributed by atoms with van der Waals surface area (Å²) >= 11 is 1.23. The number of rotatable bonds is 7. The van der Waals surface area contributed by atoms with Crippen molar-refractivity contribution in [2.24, 2.45) is 0 Å². The van der Waals surface area contributed by atoms with E-state index in [0.29, 0.717) is 33.8 Å². The lowest BCUT2D eigenvalue weighted by Crippen LogP contribution is -2.12. The van der Waals surface area contributed by atoms with Crippen molar-refractivity contribution in [3.63, 3.8) is 0 Å². The number of thiazole rings is 1. The lowest BCUT2D eigenvalue weighted by Gasteiger charge is -2.01. The van der Waals surface area contributed by atoms with Crippen molar-refractivity contribution >= 4 is 28.3 Å². The van der Waals surface area contributed by atoms with E-state index >= 15 is 0 Å². The molecule has 1 aromatic carbocycles. The molecule has 0 aliphatic rings. The van der Waals surface area contributed by atoms with Gasteiger partial charge >= 0.3 is 5.97 Å². The van der Waals surface area contributed by atoms with Gasteiger partial charge in [0.05, 0.1) is 30.1 Å². The van der Waals surface area contributed by atoms with Gasteiger partial charge in [0.15, 0.2) is 17.5 Å². The molecule has 0 aliphatic heterocycles. The molecular weight excluding hydrogens is 406 g/mol. The minimum absolute atomic E-state index is 0.0244. The summed E-state index contributed by atoms with van der Waals surface area (Å²) in [4.78, 5) is 32.6. The standard InChI is InChI=1S/C21H17N3O5S/c1-13-16(7-8-27-13)20(26)24-21-23-15(12-30-21)9-19(25)28-11-18-22-10-17(29-18)14-5-3-2-4-6-14/h2-8,10,12H,9,11H2,1H3,(H,23,24,26). The molecule has 0 bridgehead atoms. The Labute approximate surface area is 175 Å². The number of esters is 1. The van der Waals surface area contributed by atoms with E-state index in [1.807, 2.05) is 30.3 Å². The van der Waals surface area contributed by atoms with Gasteiger partial charge in [-0.2, -0.15) is 0 Å². The van der Waals surface area contributed by atoms with Gasteiger partial charge in [-0.15, -0.1) is 11.3 Å². The third-order valence-corrected chi connectivity index (χ3v) is 4.98. The number of hydrogen-bond acceptors (Lipinski definition) is 8. The van der Waals surface area contributed by atoms with E-state index in [0.717, 1.165) is 5.56 Å². The molecule has 0 saturated carbocycles. The van der Waals surface area contributed by atoms with Crippen molar-refractivity contribution in [1.29, 1.82) is 0 Å². The largest absolute Gasteiger partial charge is 0.469 e. The Morgan fingerprint density at radius 2 is 2.03 bits per heavy atom. The van der Waals surface area contributed by atoms with Crippen LogP contribution in [0.2, 0.25) is 0 Å². The van der Waals surface area contributed by atoms with Crippen molar-refractivity contribution in [3.05, 3.63) is 77.1 Å². The highest BCUT2D eigenvalue weighted by atomic mass is 32.1. The molecule has 0 unspecified atom stereocenters. The van der Waals surface area contributed by atoms with Crippen molar-refractivity contribution < 1.29 is 23.2 Å². The van der Waals surface area contributed by atoms with Crippen LogP contribution in [0.5, 0.6) is 0 Å². The summed E-state index contributed by atoms with van der Waals surface area (Å²) in [5, 5.41) is 4.77. The maximum absolute atomic E-state index is 12.2. The molecule has 30 heavy (non-hydrogen) atoms. The zero-order valence-corrected chi connectivity index (χ0v) is 16.8. The maximum Gasteiger partial charge on any atom is 0.312 e. The molecule has 4 aromatic rings. The van der Waals surface area contributed by atoms with E-state index in [4.69, 9.17) is 13.6 Å². The second kappa shape index (κ2) is 8.75. The van der Waals surface area contributed by atoms with Gasteiger partial charge in [0.25, 0.3) is 5.91 Å². The Balaban J connectivity index is 1.28. The van der Waals surface area contributed by atoms with Gasteiger partial charge in [0, 0.05) is 10.9 Å². The lowest BCUT2D eigenvalue weighted by molar-refractivity contribution is -0.144. The van der Waals surface area contributed by atoms with Crippen LogP contribution in [0.4, 0.5) is 5.13 Å². The van der Waals surface area contributed by atoms with Gasteiger partial charge in [0.2, 0.25) is 5.89 Å². The molecule has 0 aliphatic carbocycles. The van der Waals surface area contributed by atoms with Crippen LogP contribution in [0.25, 0.3) is 11.3 Å². The van der Waals surface area contributed by atoms with E-state index in [2.05, 4.69) is 15.3 Å². The van der Waals surface area contributed by atoms with Crippen LogP contribution < -0.4 is 5.32 Å². The van der Waals surface area contributed by atoms with Gasteiger partial charge in [-0.25, -0.2) is 9.97 Å². The first-order chi connectivity index (χ1) is 14.6. The number of nitrogens with zero attached hydrogens (tertiary/aromatic N) is 2. The van der Waals surface area contributed by atoms with Gasteiger partial charge in [-0.3, -0.25) is 14.9 Å². The number of oxazole rings is 1. The third kappa shape index (κ3) is 4.64. The molecule has 0 atom stereocenters. The fourth-order valence-corrected chi connectivity index (χ4v) is 3.39. The molecule has 8 nitrogen and oxygen atoms in total. The smallest absolute Gasteiger partial charge is 0.312 e. The molecule has 3 aromatic heterocycles. The first-order valence-electron chi connectivity index (χ1n) is 9.04. The van der Waals surface area contributed by atoms with Gasteiger partial charge in [-0.1, -0.05) is 30.3 Å². The highest BCUT2D eigenvalue weighted by molar-refractivity contribution is 7.14. The first kappa shape index (κ1) is 19.6. The fraction of sp³-hybridized carbons (Fsp3) is 0.143. The number of anilines is 1. The number of furan rings is 1. The summed E-state index contributed by atoms with van der Waals surface area (Å²) in [6, 6.07) is 11.1. The van der Waals surface area contributed by atoms with Crippen molar-refractivity contribution in [1.82, 2.24) is 9.97 Å². The van der Waals surface area contributed by atoms with Crippen LogP contribution in [0.1, 0.15) is 27.7 Å².